The summed E-state index contributed by atoms with van der Waals surface area (Å²) in [7, 11) is 0. The van der Waals surface area contributed by atoms with Crippen molar-refractivity contribution < 1.29 is 0 Å². The van der Waals surface area contributed by atoms with Crippen LogP contribution in [0.25, 0.3) is 5.57 Å². The summed E-state index contributed by atoms with van der Waals surface area (Å²) in [6, 6.07) is 5.72. The number of allylic oxidation sites excluding steroid dienone is 1. The molecular weight excluding hydrogens is 218 g/mol. The minimum Gasteiger partial charge on any atom is -0.398 e. The molecule has 0 fully saturated rings. The van der Waals surface area contributed by atoms with Gasteiger partial charge >= 0.3 is 0 Å². The van der Waals surface area contributed by atoms with Crippen LogP contribution in [-0.4, -0.2) is 17.7 Å². The summed E-state index contributed by atoms with van der Waals surface area (Å²) in [5, 5.41) is 1.86. The highest BCUT2D eigenvalue weighted by atomic mass is 32.1. The van der Waals surface area contributed by atoms with Crippen LogP contribution in [0.4, 0.5) is 5.69 Å². The SMILES string of the molecule is Nc1cccc(C2=CCCN=C2)ncsc1. The molecule has 1 aromatic heterocycles. The fourth-order valence-corrected chi connectivity index (χ4v) is 1.85. The summed E-state index contributed by atoms with van der Waals surface area (Å²) < 4.78 is 0. The summed E-state index contributed by atoms with van der Waals surface area (Å²) in [6.45, 7) is 0.875. The molecule has 3 nitrogen and oxygen atoms in total. The van der Waals surface area contributed by atoms with Gasteiger partial charge in [-0.3, -0.25) is 4.99 Å². The van der Waals surface area contributed by atoms with Crippen molar-refractivity contribution in [3.05, 3.63) is 40.9 Å². The number of hydrogen-bond donors (Lipinski definition) is 1. The molecular formula is C12H13N3S. The van der Waals surface area contributed by atoms with E-state index in [1.165, 1.54) is 11.3 Å². The van der Waals surface area contributed by atoms with E-state index in [9.17, 15) is 0 Å². The van der Waals surface area contributed by atoms with Crippen molar-refractivity contribution in [3.63, 3.8) is 0 Å². The first-order valence-corrected chi connectivity index (χ1v) is 6.03. The Hall–Kier alpha value is -1.68. The van der Waals surface area contributed by atoms with Gasteiger partial charge in [-0.15, -0.1) is 11.3 Å². The summed E-state index contributed by atoms with van der Waals surface area (Å²) in [6.07, 6.45) is 5.01. The Labute approximate surface area is 98.7 Å². The van der Waals surface area contributed by atoms with E-state index < -0.39 is 0 Å². The predicted octanol–water partition coefficient (Wildman–Crippen LogP) is 2.71. The average Bonchev–Trinajstić information content (AvgIpc) is 2.42. The van der Waals surface area contributed by atoms with Crippen LogP contribution >= 0.6 is 11.3 Å². The fourth-order valence-electron chi connectivity index (χ4n) is 1.38. The molecule has 16 heavy (non-hydrogen) atoms. The smallest absolute Gasteiger partial charge is 0.0798 e. The Balaban J connectivity index is 2.42. The molecule has 0 aromatic carbocycles. The molecule has 1 aliphatic rings. The normalized spacial score (nSPS) is 14.1. The predicted molar refractivity (Wildman–Crippen MR) is 70.1 cm³/mol. The highest BCUT2D eigenvalue weighted by Gasteiger charge is 2.00. The maximum atomic E-state index is 5.72. The van der Waals surface area contributed by atoms with E-state index in [4.69, 9.17) is 5.73 Å². The van der Waals surface area contributed by atoms with E-state index in [2.05, 4.69) is 16.1 Å². The van der Waals surface area contributed by atoms with Gasteiger partial charge in [0.1, 0.15) is 0 Å². The number of hydrogen-bond acceptors (Lipinski definition) is 4. The van der Waals surface area contributed by atoms with E-state index in [-0.39, 0.29) is 0 Å². The highest BCUT2D eigenvalue weighted by molar-refractivity contribution is 7.07. The standard InChI is InChI=1S/C12H13N3S/c13-11-4-1-5-12(15-9-16-8-11)10-3-2-6-14-7-10/h1,3-5,7-9H,2,6,13H2. The van der Waals surface area contributed by atoms with Gasteiger partial charge in [-0.1, -0.05) is 12.1 Å². The average molecular weight is 231 g/mol. The van der Waals surface area contributed by atoms with Crippen LogP contribution in [-0.2, 0) is 0 Å². The second-order valence-electron chi connectivity index (χ2n) is 3.38. The van der Waals surface area contributed by atoms with Crippen LogP contribution in [0.1, 0.15) is 12.1 Å². The van der Waals surface area contributed by atoms with Crippen LogP contribution < -0.4 is 5.73 Å². The molecule has 0 aliphatic carbocycles. The third-order valence-electron chi connectivity index (χ3n) is 2.15. The Morgan fingerprint density at radius 2 is 2.25 bits per heavy atom. The van der Waals surface area contributed by atoms with E-state index in [0.717, 1.165) is 29.9 Å². The molecule has 0 amide bonds. The van der Waals surface area contributed by atoms with E-state index in [1.807, 2.05) is 29.8 Å². The zero-order valence-corrected chi connectivity index (χ0v) is 9.65. The second-order valence-corrected chi connectivity index (χ2v) is 4.10. The molecule has 4 heteroatoms. The van der Waals surface area contributed by atoms with Gasteiger partial charge in [-0.25, -0.2) is 4.98 Å². The van der Waals surface area contributed by atoms with Gasteiger partial charge in [-0.05, 0) is 18.6 Å². The number of nitrogens with two attached hydrogens (primary N) is 1. The number of rotatable bonds is 1. The van der Waals surface area contributed by atoms with Gasteiger partial charge in [0.2, 0.25) is 0 Å². The Morgan fingerprint density at radius 3 is 3.06 bits per heavy atom. The lowest BCUT2D eigenvalue weighted by Crippen LogP contribution is -1.94. The van der Waals surface area contributed by atoms with E-state index in [1.54, 1.807) is 5.51 Å². The lowest BCUT2D eigenvalue weighted by Gasteiger charge is -2.03. The molecule has 0 bridgehead atoms. The van der Waals surface area contributed by atoms with Crippen molar-refractivity contribution in [1.29, 1.82) is 0 Å². The molecule has 1 aliphatic heterocycles. The number of anilines is 1. The van der Waals surface area contributed by atoms with Gasteiger partial charge < -0.3 is 5.73 Å². The quantitative estimate of drug-likeness (QED) is 0.808. The number of aliphatic imine (C=N–C) groups is 1. The zero-order chi connectivity index (χ0) is 11.2. The molecule has 2 N–H and O–H groups in total. The molecule has 0 saturated heterocycles. The van der Waals surface area contributed by atoms with Gasteiger partial charge in [0.25, 0.3) is 0 Å². The molecule has 0 atom stereocenters. The van der Waals surface area contributed by atoms with Crippen LogP contribution in [0.3, 0.4) is 0 Å². The topological polar surface area (TPSA) is 51.3 Å². The molecule has 0 saturated carbocycles. The lowest BCUT2D eigenvalue weighted by atomic mass is 10.1. The van der Waals surface area contributed by atoms with Gasteiger partial charge in [0, 0.05) is 29.4 Å². The third kappa shape index (κ3) is 2.90. The van der Waals surface area contributed by atoms with Crippen molar-refractivity contribution in [2.75, 3.05) is 12.3 Å². The monoisotopic (exact) mass is 231 g/mol. The van der Waals surface area contributed by atoms with Gasteiger partial charge in [0.05, 0.1) is 11.2 Å². The molecule has 0 unspecified atom stereocenters. The number of nitrogens with zero attached hydrogens (tertiary/aromatic N) is 2. The first-order valence-electron chi connectivity index (χ1n) is 5.08. The largest absolute Gasteiger partial charge is 0.398 e. The zero-order valence-electron chi connectivity index (χ0n) is 8.84. The Kier molecular flexibility index (Phi) is 3.66. The Bertz CT molecular complexity index is 473. The maximum Gasteiger partial charge on any atom is 0.0798 e. The fraction of sp³-hybridized carbons (Fsp3) is 0.167. The third-order valence-corrected chi connectivity index (χ3v) is 2.78. The van der Waals surface area contributed by atoms with Gasteiger partial charge in [-0.2, -0.15) is 0 Å². The van der Waals surface area contributed by atoms with Crippen molar-refractivity contribution in [2.45, 2.75) is 6.42 Å². The number of aromatic nitrogens is 1. The summed E-state index contributed by atoms with van der Waals surface area (Å²) in [5.41, 5.74) is 10.2. The van der Waals surface area contributed by atoms with Crippen LogP contribution in [0, 0.1) is 0 Å². The van der Waals surface area contributed by atoms with Gasteiger partial charge in [0.15, 0.2) is 0 Å². The van der Waals surface area contributed by atoms with E-state index in [0.29, 0.717) is 0 Å². The van der Waals surface area contributed by atoms with Crippen LogP contribution in [0.15, 0.2) is 40.2 Å². The minimum absolute atomic E-state index is 0.736. The van der Waals surface area contributed by atoms with Crippen LogP contribution in [0.5, 0.6) is 0 Å². The Morgan fingerprint density at radius 1 is 1.31 bits per heavy atom. The summed E-state index contributed by atoms with van der Waals surface area (Å²) >= 11 is 1.48. The number of nitrogen functional groups attached to an aromatic ring is 1. The van der Waals surface area contributed by atoms with Crippen LogP contribution in [0.2, 0.25) is 0 Å². The minimum atomic E-state index is 0.736. The van der Waals surface area contributed by atoms with Crippen molar-refractivity contribution in [1.82, 2.24) is 4.98 Å². The maximum absolute atomic E-state index is 5.72. The lowest BCUT2D eigenvalue weighted by molar-refractivity contribution is 1.00. The molecule has 2 heterocycles. The summed E-state index contributed by atoms with van der Waals surface area (Å²) in [5.74, 6) is 0. The van der Waals surface area contributed by atoms with Crippen molar-refractivity contribution in [3.8, 4) is 0 Å². The number of dihydropyridines is 1. The first kappa shape index (κ1) is 10.8. The highest BCUT2D eigenvalue weighted by Crippen LogP contribution is 2.12. The molecule has 0 radical (unpaired) electrons. The van der Waals surface area contributed by atoms with Crippen molar-refractivity contribution >= 4 is 28.8 Å². The molecule has 2 rings (SSSR count). The molecule has 1 aromatic rings. The van der Waals surface area contributed by atoms with E-state index >= 15 is 0 Å². The van der Waals surface area contributed by atoms with Crippen molar-refractivity contribution in [2.24, 2.45) is 4.99 Å². The molecule has 0 spiro atoms. The summed E-state index contributed by atoms with van der Waals surface area (Å²) in [4.78, 5) is 8.64. The first-order chi connectivity index (χ1) is 7.86. The molecule has 82 valence electrons. The second kappa shape index (κ2) is 5.42.